The normalized spacial score (nSPS) is 14.7. The zero-order chi connectivity index (χ0) is 14.8. The third-order valence-corrected chi connectivity index (χ3v) is 3.59. The van der Waals surface area contributed by atoms with Crippen LogP contribution in [0.2, 0.25) is 0 Å². The van der Waals surface area contributed by atoms with Crippen molar-refractivity contribution in [1.29, 1.82) is 0 Å². The Hall–Kier alpha value is -2.43. The molecule has 0 N–H and O–H groups in total. The molecule has 1 saturated heterocycles. The molecule has 0 radical (unpaired) electrons. The number of carbonyl (C=O) groups excluding carboxylic acids is 2. The standard InChI is InChI=1S/C16H16N2O3/c1-11-2-3-13-14(8-11)17-6-4-15(13)21-10-16(20)18-7-5-12(19)9-18/h2-4,6,8H,5,7,9-10H2,1H3. The van der Waals surface area contributed by atoms with Crippen molar-refractivity contribution in [1.82, 2.24) is 9.88 Å². The van der Waals surface area contributed by atoms with Crippen LogP contribution in [-0.2, 0) is 9.59 Å². The van der Waals surface area contributed by atoms with Crippen LogP contribution >= 0.6 is 0 Å². The molecule has 5 nitrogen and oxygen atoms in total. The van der Waals surface area contributed by atoms with E-state index in [-0.39, 0.29) is 24.8 Å². The first-order valence-electron chi connectivity index (χ1n) is 6.91. The molecule has 1 aromatic carbocycles. The maximum absolute atomic E-state index is 12.0. The minimum Gasteiger partial charge on any atom is -0.483 e. The molecule has 1 fully saturated rings. The van der Waals surface area contributed by atoms with Gasteiger partial charge in [-0.15, -0.1) is 0 Å². The summed E-state index contributed by atoms with van der Waals surface area (Å²) < 4.78 is 5.63. The van der Waals surface area contributed by atoms with Gasteiger partial charge >= 0.3 is 0 Å². The number of ether oxygens (including phenoxy) is 1. The van der Waals surface area contributed by atoms with Crippen molar-refractivity contribution in [3.8, 4) is 5.75 Å². The van der Waals surface area contributed by atoms with Crippen LogP contribution in [-0.4, -0.2) is 41.3 Å². The summed E-state index contributed by atoms with van der Waals surface area (Å²) in [6.45, 7) is 2.65. The maximum atomic E-state index is 12.0. The second-order valence-electron chi connectivity index (χ2n) is 5.22. The van der Waals surface area contributed by atoms with E-state index >= 15 is 0 Å². The Kier molecular flexibility index (Phi) is 3.56. The average molecular weight is 284 g/mol. The number of pyridine rings is 1. The first kappa shape index (κ1) is 13.5. The number of aromatic nitrogens is 1. The summed E-state index contributed by atoms with van der Waals surface area (Å²) in [6.07, 6.45) is 2.12. The second-order valence-corrected chi connectivity index (χ2v) is 5.22. The Labute approximate surface area is 122 Å². The van der Waals surface area contributed by atoms with Crippen molar-refractivity contribution in [3.63, 3.8) is 0 Å². The van der Waals surface area contributed by atoms with E-state index in [0.717, 1.165) is 16.5 Å². The highest BCUT2D eigenvalue weighted by Crippen LogP contribution is 2.24. The van der Waals surface area contributed by atoms with E-state index in [9.17, 15) is 9.59 Å². The topological polar surface area (TPSA) is 59.5 Å². The molecular formula is C16H16N2O3. The fourth-order valence-corrected chi connectivity index (χ4v) is 2.43. The van der Waals surface area contributed by atoms with Gasteiger partial charge in [0.15, 0.2) is 12.4 Å². The van der Waals surface area contributed by atoms with Gasteiger partial charge in [0.1, 0.15) is 5.75 Å². The SMILES string of the molecule is Cc1ccc2c(OCC(=O)N3CCC(=O)C3)ccnc2c1. The first-order chi connectivity index (χ1) is 10.1. The zero-order valence-electron chi connectivity index (χ0n) is 11.8. The minimum atomic E-state index is -0.155. The van der Waals surface area contributed by atoms with E-state index in [2.05, 4.69) is 4.98 Å². The van der Waals surface area contributed by atoms with Crippen molar-refractivity contribution < 1.29 is 14.3 Å². The number of benzene rings is 1. The Morgan fingerprint density at radius 3 is 3.00 bits per heavy atom. The number of fused-ring (bicyclic) bond motifs is 1. The fourth-order valence-electron chi connectivity index (χ4n) is 2.43. The molecule has 0 spiro atoms. The van der Waals surface area contributed by atoms with Crippen molar-refractivity contribution in [2.75, 3.05) is 19.7 Å². The van der Waals surface area contributed by atoms with Crippen molar-refractivity contribution in [2.45, 2.75) is 13.3 Å². The predicted octanol–water partition coefficient (Wildman–Crippen LogP) is 1.72. The smallest absolute Gasteiger partial charge is 0.260 e. The molecule has 3 rings (SSSR count). The molecule has 0 atom stereocenters. The first-order valence-corrected chi connectivity index (χ1v) is 6.91. The molecule has 21 heavy (non-hydrogen) atoms. The van der Waals surface area contributed by atoms with E-state index < -0.39 is 0 Å². The maximum Gasteiger partial charge on any atom is 0.260 e. The van der Waals surface area contributed by atoms with E-state index in [0.29, 0.717) is 18.7 Å². The molecule has 0 aliphatic carbocycles. The van der Waals surface area contributed by atoms with Crippen LogP contribution in [0.15, 0.2) is 30.5 Å². The number of rotatable bonds is 3. The summed E-state index contributed by atoms with van der Waals surface area (Å²) in [5.74, 6) is 0.588. The van der Waals surface area contributed by atoms with E-state index in [1.807, 2.05) is 25.1 Å². The van der Waals surface area contributed by atoms with Crippen molar-refractivity contribution >= 4 is 22.6 Å². The average Bonchev–Trinajstić information content (AvgIpc) is 2.91. The van der Waals surface area contributed by atoms with Gasteiger partial charge < -0.3 is 9.64 Å². The quantitative estimate of drug-likeness (QED) is 0.861. The van der Waals surface area contributed by atoms with Gasteiger partial charge in [0.25, 0.3) is 5.91 Å². The largest absolute Gasteiger partial charge is 0.483 e. The number of hydrogen-bond donors (Lipinski definition) is 0. The number of aryl methyl sites for hydroxylation is 1. The van der Waals surface area contributed by atoms with E-state index in [4.69, 9.17) is 4.74 Å². The third kappa shape index (κ3) is 2.86. The summed E-state index contributed by atoms with van der Waals surface area (Å²) in [6, 6.07) is 7.65. The lowest BCUT2D eigenvalue weighted by atomic mass is 10.1. The molecule has 1 aliphatic heterocycles. The lowest BCUT2D eigenvalue weighted by Crippen LogP contribution is -2.33. The Morgan fingerprint density at radius 2 is 2.24 bits per heavy atom. The molecular weight excluding hydrogens is 268 g/mol. The number of hydrogen-bond acceptors (Lipinski definition) is 4. The molecule has 1 aliphatic rings. The monoisotopic (exact) mass is 284 g/mol. The van der Waals surface area contributed by atoms with Crippen LogP contribution in [0.4, 0.5) is 0 Å². The van der Waals surface area contributed by atoms with Gasteiger partial charge in [0, 0.05) is 24.5 Å². The molecule has 2 heterocycles. The lowest BCUT2D eigenvalue weighted by molar-refractivity contribution is -0.133. The van der Waals surface area contributed by atoms with Gasteiger partial charge in [-0.1, -0.05) is 6.07 Å². The second kappa shape index (κ2) is 5.52. The number of nitrogens with zero attached hydrogens (tertiary/aromatic N) is 2. The summed E-state index contributed by atoms with van der Waals surface area (Å²) >= 11 is 0. The van der Waals surface area contributed by atoms with Crippen LogP contribution in [0.3, 0.4) is 0 Å². The molecule has 5 heteroatoms. The number of Topliss-reactive ketones (excluding diaryl/α,β-unsaturated/α-hetero) is 1. The van der Waals surface area contributed by atoms with Gasteiger partial charge in [-0.2, -0.15) is 0 Å². The van der Waals surface area contributed by atoms with Gasteiger partial charge in [0.2, 0.25) is 0 Å². The van der Waals surface area contributed by atoms with Gasteiger partial charge in [-0.3, -0.25) is 14.6 Å². The fraction of sp³-hybridized carbons (Fsp3) is 0.312. The van der Waals surface area contributed by atoms with Crippen molar-refractivity contribution in [3.05, 3.63) is 36.0 Å². The Balaban J connectivity index is 1.73. The molecule has 108 valence electrons. The summed E-state index contributed by atoms with van der Waals surface area (Å²) in [7, 11) is 0. The molecule has 0 bridgehead atoms. The summed E-state index contributed by atoms with van der Waals surface area (Å²) in [4.78, 5) is 29.0. The Bertz CT molecular complexity index is 712. The van der Waals surface area contributed by atoms with Crippen LogP contribution in [0.1, 0.15) is 12.0 Å². The van der Waals surface area contributed by atoms with Crippen molar-refractivity contribution in [2.24, 2.45) is 0 Å². The third-order valence-electron chi connectivity index (χ3n) is 3.59. The highest BCUT2D eigenvalue weighted by atomic mass is 16.5. The number of ketones is 1. The summed E-state index contributed by atoms with van der Waals surface area (Å²) in [5.41, 5.74) is 1.97. The van der Waals surface area contributed by atoms with Crippen LogP contribution < -0.4 is 4.74 Å². The summed E-state index contributed by atoms with van der Waals surface area (Å²) in [5, 5.41) is 0.883. The zero-order valence-corrected chi connectivity index (χ0v) is 11.8. The number of amides is 1. The van der Waals surface area contributed by atoms with E-state index in [1.165, 1.54) is 4.90 Å². The molecule has 0 saturated carbocycles. The van der Waals surface area contributed by atoms with Gasteiger partial charge in [-0.25, -0.2) is 0 Å². The van der Waals surface area contributed by atoms with Crippen LogP contribution in [0, 0.1) is 6.92 Å². The molecule has 0 unspecified atom stereocenters. The van der Waals surface area contributed by atoms with Crippen LogP contribution in [0.25, 0.3) is 10.9 Å². The van der Waals surface area contributed by atoms with Gasteiger partial charge in [0.05, 0.1) is 12.1 Å². The molecule has 1 amide bonds. The van der Waals surface area contributed by atoms with E-state index in [1.54, 1.807) is 12.3 Å². The highest BCUT2D eigenvalue weighted by Gasteiger charge is 2.24. The Morgan fingerprint density at radius 1 is 1.38 bits per heavy atom. The molecule has 1 aromatic heterocycles. The number of carbonyl (C=O) groups is 2. The van der Waals surface area contributed by atoms with Gasteiger partial charge in [-0.05, 0) is 30.7 Å². The minimum absolute atomic E-state index is 0.0553. The highest BCUT2D eigenvalue weighted by molar-refractivity contribution is 5.90. The van der Waals surface area contributed by atoms with Crippen LogP contribution in [0.5, 0.6) is 5.75 Å². The predicted molar refractivity (Wildman–Crippen MR) is 78.2 cm³/mol. The number of likely N-dealkylation sites (tertiary alicyclic amines) is 1. The molecule has 2 aromatic rings. The lowest BCUT2D eigenvalue weighted by Gasteiger charge is -2.15.